The van der Waals surface area contributed by atoms with Crippen molar-refractivity contribution in [2.24, 2.45) is 4.99 Å². The van der Waals surface area contributed by atoms with Crippen LogP contribution in [-0.2, 0) is 22.4 Å². The van der Waals surface area contributed by atoms with Gasteiger partial charge in [-0.25, -0.2) is 14.7 Å². The number of aromatic nitrogens is 3. The number of halogens is 6. The van der Waals surface area contributed by atoms with Gasteiger partial charge in [0.1, 0.15) is 12.1 Å². The zero-order chi connectivity index (χ0) is 32.9. The highest BCUT2D eigenvalue weighted by molar-refractivity contribution is 8.15. The first-order valence-corrected chi connectivity index (χ1v) is 14.7. The van der Waals surface area contributed by atoms with E-state index in [-0.39, 0.29) is 41.3 Å². The molecular formula is C30H25F6N5O4S. The molecule has 1 atom stereocenters. The van der Waals surface area contributed by atoms with Crippen molar-refractivity contribution in [2.45, 2.75) is 38.2 Å². The van der Waals surface area contributed by atoms with E-state index < -0.39 is 25.4 Å². The van der Waals surface area contributed by atoms with Crippen LogP contribution in [-0.4, -0.2) is 62.3 Å². The highest BCUT2D eigenvalue weighted by Crippen LogP contribution is 2.32. The Morgan fingerprint density at radius 1 is 0.957 bits per heavy atom. The van der Waals surface area contributed by atoms with Gasteiger partial charge in [-0.05, 0) is 54.3 Å². The van der Waals surface area contributed by atoms with Gasteiger partial charge in [-0.2, -0.15) is 13.2 Å². The van der Waals surface area contributed by atoms with E-state index in [1.54, 1.807) is 24.3 Å². The molecule has 3 aromatic carbocycles. The van der Waals surface area contributed by atoms with Gasteiger partial charge in [-0.1, -0.05) is 54.2 Å². The number of nitrogens with zero attached hydrogens (tertiary/aromatic N) is 5. The van der Waals surface area contributed by atoms with Gasteiger partial charge in [-0.15, -0.1) is 18.3 Å². The Balaban J connectivity index is 1.16. The SMILES string of the molecule is O=C1CSC(=NC(O)OCCc2ccc(-c3ncn(-c4ccc(OC(F)(F)F)cc4)n3)cc2)N1c1ccccc1CCC(F)(F)F. The molecule has 0 radical (unpaired) electrons. The molecule has 0 spiro atoms. The van der Waals surface area contributed by atoms with E-state index in [1.165, 1.54) is 52.3 Å². The molecule has 1 aliphatic rings. The van der Waals surface area contributed by atoms with E-state index >= 15 is 0 Å². The molecule has 1 fully saturated rings. The van der Waals surface area contributed by atoms with E-state index in [4.69, 9.17) is 4.74 Å². The Morgan fingerprint density at radius 3 is 2.37 bits per heavy atom. The zero-order valence-corrected chi connectivity index (χ0v) is 24.5. The van der Waals surface area contributed by atoms with Crippen molar-refractivity contribution in [1.29, 1.82) is 0 Å². The van der Waals surface area contributed by atoms with Gasteiger partial charge in [0, 0.05) is 12.0 Å². The first-order chi connectivity index (χ1) is 21.8. The van der Waals surface area contributed by atoms with Crippen LogP contribution in [0.2, 0.25) is 0 Å². The Bertz CT molecular complexity index is 1680. The third-order valence-electron chi connectivity index (χ3n) is 6.59. The summed E-state index contributed by atoms with van der Waals surface area (Å²) >= 11 is 1.05. The van der Waals surface area contributed by atoms with Crippen LogP contribution >= 0.6 is 11.8 Å². The molecule has 5 rings (SSSR count). The molecule has 1 saturated heterocycles. The van der Waals surface area contributed by atoms with Gasteiger partial charge >= 0.3 is 12.5 Å². The largest absolute Gasteiger partial charge is 0.573 e. The van der Waals surface area contributed by atoms with Crippen LogP contribution < -0.4 is 9.64 Å². The number of aliphatic hydroxyl groups is 1. The summed E-state index contributed by atoms with van der Waals surface area (Å²) in [5.74, 6) is -0.322. The number of amides is 1. The Hall–Kier alpha value is -4.41. The van der Waals surface area contributed by atoms with Crippen LogP contribution in [0.5, 0.6) is 5.75 Å². The third-order valence-corrected chi connectivity index (χ3v) is 7.53. The van der Waals surface area contributed by atoms with Crippen molar-refractivity contribution in [1.82, 2.24) is 14.8 Å². The first-order valence-electron chi connectivity index (χ1n) is 13.7. The van der Waals surface area contributed by atoms with Crippen molar-refractivity contribution in [3.8, 4) is 22.8 Å². The summed E-state index contributed by atoms with van der Waals surface area (Å²) in [6.07, 6.45) is -10.3. The number of aliphatic hydroxyl groups excluding tert-OH is 1. The molecule has 1 amide bonds. The molecule has 1 aliphatic heterocycles. The predicted octanol–water partition coefficient (Wildman–Crippen LogP) is 6.30. The summed E-state index contributed by atoms with van der Waals surface area (Å²) < 4.78 is 86.4. The number of carbonyl (C=O) groups excluding carboxylic acids is 1. The van der Waals surface area contributed by atoms with E-state index in [2.05, 4.69) is 19.8 Å². The molecule has 1 N–H and O–H groups in total. The number of para-hydroxylation sites is 1. The summed E-state index contributed by atoms with van der Waals surface area (Å²) in [7, 11) is 0. The quantitative estimate of drug-likeness (QED) is 0.148. The number of ether oxygens (including phenoxy) is 2. The second kappa shape index (κ2) is 13.9. The lowest BCUT2D eigenvalue weighted by molar-refractivity contribution is -0.274. The van der Waals surface area contributed by atoms with Crippen LogP contribution in [0.25, 0.3) is 17.1 Å². The van der Waals surface area contributed by atoms with E-state index in [0.717, 1.165) is 17.3 Å². The van der Waals surface area contributed by atoms with Crippen molar-refractivity contribution < 1.29 is 45.7 Å². The summed E-state index contributed by atoms with van der Waals surface area (Å²) in [5, 5.41) is 14.9. The van der Waals surface area contributed by atoms with E-state index in [0.29, 0.717) is 29.1 Å². The molecule has 242 valence electrons. The number of rotatable bonds is 11. The van der Waals surface area contributed by atoms with Crippen molar-refractivity contribution in [3.05, 3.63) is 90.3 Å². The van der Waals surface area contributed by atoms with Gasteiger partial charge < -0.3 is 14.6 Å². The summed E-state index contributed by atoms with van der Waals surface area (Å²) in [6.45, 7) is 0.0685. The molecule has 0 aliphatic carbocycles. The van der Waals surface area contributed by atoms with Gasteiger partial charge in [0.25, 0.3) is 6.41 Å². The number of aliphatic imine (C=N–C) groups is 1. The van der Waals surface area contributed by atoms with Crippen LogP contribution in [0, 0.1) is 0 Å². The number of aryl methyl sites for hydroxylation is 1. The van der Waals surface area contributed by atoms with Crippen molar-refractivity contribution >= 4 is 28.5 Å². The molecule has 0 bridgehead atoms. The maximum absolute atomic E-state index is 12.8. The van der Waals surface area contributed by atoms with Crippen LogP contribution in [0.4, 0.5) is 32.0 Å². The number of amidine groups is 1. The minimum Gasteiger partial charge on any atom is -0.406 e. The predicted molar refractivity (Wildman–Crippen MR) is 157 cm³/mol. The molecule has 2 heterocycles. The average molecular weight is 666 g/mol. The Labute approximate surface area is 262 Å². The fourth-order valence-corrected chi connectivity index (χ4v) is 5.34. The van der Waals surface area contributed by atoms with Crippen LogP contribution in [0.1, 0.15) is 17.5 Å². The number of anilines is 1. The van der Waals surface area contributed by atoms with Gasteiger partial charge in [0.15, 0.2) is 11.0 Å². The van der Waals surface area contributed by atoms with E-state index in [9.17, 15) is 36.2 Å². The highest BCUT2D eigenvalue weighted by atomic mass is 32.2. The fourth-order valence-electron chi connectivity index (χ4n) is 4.47. The minimum absolute atomic E-state index is 0.0157. The molecule has 16 heteroatoms. The maximum atomic E-state index is 12.8. The molecular weight excluding hydrogens is 640 g/mol. The highest BCUT2D eigenvalue weighted by Gasteiger charge is 2.33. The lowest BCUT2D eigenvalue weighted by Crippen LogP contribution is -2.31. The van der Waals surface area contributed by atoms with Gasteiger partial charge in [0.2, 0.25) is 5.91 Å². The number of carbonyl (C=O) groups is 1. The van der Waals surface area contributed by atoms with Crippen LogP contribution in [0.15, 0.2) is 84.1 Å². The summed E-state index contributed by atoms with van der Waals surface area (Å²) in [6, 6.07) is 18.6. The Kier molecular flexibility index (Phi) is 9.98. The molecule has 46 heavy (non-hydrogen) atoms. The van der Waals surface area contributed by atoms with Crippen molar-refractivity contribution in [3.63, 3.8) is 0 Å². The topological polar surface area (TPSA) is 102 Å². The van der Waals surface area contributed by atoms with Gasteiger partial charge in [0.05, 0.1) is 23.7 Å². The number of thioether (sulfide) groups is 1. The molecule has 4 aromatic rings. The number of alkyl halides is 6. The smallest absolute Gasteiger partial charge is 0.406 e. The van der Waals surface area contributed by atoms with E-state index in [1.807, 2.05) is 12.1 Å². The fraction of sp³-hybridized carbons (Fsp3) is 0.267. The van der Waals surface area contributed by atoms with Crippen molar-refractivity contribution in [2.75, 3.05) is 17.3 Å². The monoisotopic (exact) mass is 665 g/mol. The number of hydrogen-bond donors (Lipinski definition) is 1. The number of benzene rings is 3. The van der Waals surface area contributed by atoms with Gasteiger partial charge in [-0.3, -0.25) is 9.69 Å². The zero-order valence-electron chi connectivity index (χ0n) is 23.7. The second-order valence-corrected chi connectivity index (χ2v) is 10.8. The summed E-state index contributed by atoms with van der Waals surface area (Å²) in [4.78, 5) is 22.2. The average Bonchev–Trinajstić information content (AvgIpc) is 3.63. The lowest BCUT2D eigenvalue weighted by atomic mass is 10.1. The molecule has 1 aromatic heterocycles. The molecule has 9 nitrogen and oxygen atoms in total. The maximum Gasteiger partial charge on any atom is 0.573 e. The van der Waals surface area contributed by atoms with Crippen LogP contribution in [0.3, 0.4) is 0 Å². The standard InChI is InChI=1S/C30H25F6N5O4S/c31-29(32,33)15-13-20-3-1-2-4-24(20)41-25(42)17-46-27(41)38-28(43)44-16-14-19-5-7-21(8-6-19)26-37-18-40(39-26)22-9-11-23(12-10-22)45-30(34,35)36/h1-12,18,28,43H,13-17H2. The normalized spacial score (nSPS) is 15.5. The summed E-state index contributed by atoms with van der Waals surface area (Å²) in [5.41, 5.74) is 2.64. The molecule has 0 saturated carbocycles. The second-order valence-electron chi connectivity index (χ2n) is 9.87. The third kappa shape index (κ3) is 8.86. The minimum atomic E-state index is -4.78. The Morgan fingerprint density at radius 2 is 1.67 bits per heavy atom. The lowest BCUT2D eigenvalue weighted by Gasteiger charge is -2.21. The first kappa shape index (κ1) is 33.0. The number of hydrogen-bond acceptors (Lipinski definition) is 8. The molecule has 1 unspecified atom stereocenters.